The van der Waals surface area contributed by atoms with E-state index in [0.717, 1.165) is 27.2 Å². The van der Waals surface area contributed by atoms with Gasteiger partial charge in [-0.3, -0.25) is 9.59 Å². The average molecular weight is 240 g/mol. The summed E-state index contributed by atoms with van der Waals surface area (Å²) < 4.78 is 0. The van der Waals surface area contributed by atoms with E-state index in [0.29, 0.717) is 12.8 Å². The number of carbonyl (C=O) groups is 2. The van der Waals surface area contributed by atoms with E-state index in [1.165, 1.54) is 0 Å². The minimum Gasteiger partial charge on any atom is -0.286 e. The number of benzene rings is 1. The van der Waals surface area contributed by atoms with E-state index in [1.807, 2.05) is 30.3 Å². The molecule has 0 radical (unpaired) electrons. The molecule has 2 nitrogen and oxygen atoms in total. The Kier molecular flexibility index (Phi) is 5.50. The van der Waals surface area contributed by atoms with Crippen molar-refractivity contribution in [3.63, 3.8) is 0 Å². The number of carbonyl (C=O) groups excluding carboxylic acids is 2. The SMILES string of the molecule is CCC(=O)SSC(=O)Cc1ccccc1. The molecule has 1 rings (SSSR count). The molecule has 0 aliphatic heterocycles. The first kappa shape index (κ1) is 12.3. The van der Waals surface area contributed by atoms with Crippen molar-refractivity contribution < 1.29 is 9.59 Å². The van der Waals surface area contributed by atoms with E-state index in [1.54, 1.807) is 6.92 Å². The van der Waals surface area contributed by atoms with Gasteiger partial charge in [0.25, 0.3) is 0 Å². The Morgan fingerprint density at radius 3 is 2.27 bits per heavy atom. The van der Waals surface area contributed by atoms with Gasteiger partial charge in [-0.1, -0.05) is 37.3 Å². The first-order valence-corrected chi connectivity index (χ1v) is 6.81. The Morgan fingerprint density at radius 1 is 1.07 bits per heavy atom. The molecule has 0 aliphatic carbocycles. The van der Waals surface area contributed by atoms with Gasteiger partial charge in [0.2, 0.25) is 5.12 Å². The van der Waals surface area contributed by atoms with Crippen molar-refractivity contribution in [1.29, 1.82) is 0 Å². The van der Waals surface area contributed by atoms with Crippen LogP contribution in [0.3, 0.4) is 0 Å². The molecular formula is C11H12O2S2. The van der Waals surface area contributed by atoms with Crippen LogP contribution in [-0.2, 0) is 16.0 Å². The summed E-state index contributed by atoms with van der Waals surface area (Å²) in [4.78, 5) is 22.4. The molecule has 0 aromatic heterocycles. The van der Waals surface area contributed by atoms with E-state index in [4.69, 9.17) is 0 Å². The zero-order valence-corrected chi connectivity index (χ0v) is 10.1. The minimum atomic E-state index is 0.0213. The van der Waals surface area contributed by atoms with Crippen LogP contribution < -0.4 is 0 Å². The van der Waals surface area contributed by atoms with Crippen LogP contribution in [0.25, 0.3) is 0 Å². The third kappa shape index (κ3) is 5.04. The zero-order chi connectivity index (χ0) is 11.1. The van der Waals surface area contributed by atoms with Crippen LogP contribution in [0.4, 0.5) is 0 Å². The minimum absolute atomic E-state index is 0.0213. The summed E-state index contributed by atoms with van der Waals surface area (Å²) >= 11 is 0. The predicted molar refractivity (Wildman–Crippen MR) is 65.6 cm³/mol. The molecule has 0 aliphatic rings. The van der Waals surface area contributed by atoms with Crippen molar-refractivity contribution in [3.05, 3.63) is 35.9 Å². The quantitative estimate of drug-likeness (QED) is 0.760. The third-order valence-electron chi connectivity index (χ3n) is 1.71. The highest BCUT2D eigenvalue weighted by molar-refractivity contribution is 8.87. The molecule has 0 heterocycles. The lowest BCUT2D eigenvalue weighted by molar-refractivity contribution is -0.111. The van der Waals surface area contributed by atoms with Crippen molar-refractivity contribution in [2.45, 2.75) is 19.8 Å². The van der Waals surface area contributed by atoms with Gasteiger partial charge in [0.15, 0.2) is 5.12 Å². The Labute approximate surface area is 97.2 Å². The number of hydrogen-bond acceptors (Lipinski definition) is 4. The largest absolute Gasteiger partial charge is 0.286 e. The van der Waals surface area contributed by atoms with Crippen LogP contribution in [0.15, 0.2) is 30.3 Å². The maximum absolute atomic E-state index is 11.4. The highest BCUT2D eigenvalue weighted by atomic mass is 33.1. The van der Waals surface area contributed by atoms with Crippen molar-refractivity contribution in [3.8, 4) is 0 Å². The van der Waals surface area contributed by atoms with Gasteiger partial charge in [0, 0.05) is 12.8 Å². The molecule has 0 fully saturated rings. The average Bonchev–Trinajstić information content (AvgIpc) is 2.27. The Balaban J connectivity index is 2.34. The smallest absolute Gasteiger partial charge is 0.204 e. The molecule has 0 saturated carbocycles. The fourth-order valence-electron chi connectivity index (χ4n) is 0.944. The van der Waals surface area contributed by atoms with Crippen LogP contribution in [0, 0.1) is 0 Å². The molecular weight excluding hydrogens is 228 g/mol. The van der Waals surface area contributed by atoms with Gasteiger partial charge in [-0.15, -0.1) is 0 Å². The summed E-state index contributed by atoms with van der Waals surface area (Å²) in [5.41, 5.74) is 0.986. The highest BCUT2D eigenvalue weighted by Crippen LogP contribution is 2.25. The molecule has 0 bridgehead atoms. The van der Waals surface area contributed by atoms with Crippen LogP contribution in [-0.4, -0.2) is 10.2 Å². The second-order valence-electron chi connectivity index (χ2n) is 2.93. The predicted octanol–water partition coefficient (Wildman–Crippen LogP) is 3.07. The van der Waals surface area contributed by atoms with E-state index < -0.39 is 0 Å². The fourth-order valence-corrected chi connectivity index (χ4v) is 2.56. The summed E-state index contributed by atoms with van der Waals surface area (Å²) in [6.07, 6.45) is 0.853. The molecule has 80 valence electrons. The standard InChI is InChI=1S/C11H12O2S2/c1-2-10(12)14-15-11(13)8-9-6-4-3-5-7-9/h3-7H,2,8H2,1H3. The lowest BCUT2D eigenvalue weighted by Gasteiger charge is -1.98. The van der Waals surface area contributed by atoms with Gasteiger partial charge in [-0.25, -0.2) is 0 Å². The van der Waals surface area contributed by atoms with E-state index >= 15 is 0 Å². The summed E-state index contributed by atoms with van der Waals surface area (Å²) in [6.45, 7) is 1.79. The lowest BCUT2D eigenvalue weighted by Crippen LogP contribution is -1.96. The molecule has 15 heavy (non-hydrogen) atoms. The van der Waals surface area contributed by atoms with Crippen molar-refractivity contribution in [1.82, 2.24) is 0 Å². The first-order valence-electron chi connectivity index (χ1n) is 4.66. The maximum Gasteiger partial charge on any atom is 0.204 e. The molecule has 0 unspecified atom stereocenters. The molecule has 0 saturated heterocycles. The summed E-state index contributed by atoms with van der Waals surface area (Å²) in [5, 5.41) is 0.0643. The topological polar surface area (TPSA) is 34.1 Å². The highest BCUT2D eigenvalue weighted by Gasteiger charge is 2.07. The van der Waals surface area contributed by atoms with E-state index in [-0.39, 0.29) is 10.2 Å². The van der Waals surface area contributed by atoms with Crippen molar-refractivity contribution in [2.24, 2.45) is 0 Å². The normalized spacial score (nSPS) is 9.93. The monoisotopic (exact) mass is 240 g/mol. The number of hydrogen-bond donors (Lipinski definition) is 0. The van der Waals surface area contributed by atoms with Crippen LogP contribution in [0.1, 0.15) is 18.9 Å². The molecule has 1 aromatic rings. The van der Waals surface area contributed by atoms with Gasteiger partial charge < -0.3 is 0 Å². The van der Waals surface area contributed by atoms with Crippen LogP contribution >= 0.6 is 21.6 Å². The second-order valence-corrected chi connectivity index (χ2v) is 5.17. The Bertz CT molecular complexity index is 336. The van der Waals surface area contributed by atoms with Gasteiger partial charge in [-0.2, -0.15) is 0 Å². The van der Waals surface area contributed by atoms with Gasteiger partial charge in [0.05, 0.1) is 0 Å². The van der Waals surface area contributed by atoms with Crippen molar-refractivity contribution in [2.75, 3.05) is 0 Å². The van der Waals surface area contributed by atoms with Gasteiger partial charge in [-0.05, 0) is 27.2 Å². The molecule has 0 amide bonds. The van der Waals surface area contributed by atoms with Gasteiger partial charge >= 0.3 is 0 Å². The zero-order valence-electron chi connectivity index (χ0n) is 8.43. The van der Waals surface area contributed by atoms with E-state index in [9.17, 15) is 9.59 Å². The second kappa shape index (κ2) is 6.69. The summed E-state index contributed by atoms with van der Waals surface area (Å²) in [6, 6.07) is 9.53. The molecule has 1 aromatic carbocycles. The molecule has 4 heteroatoms. The first-order chi connectivity index (χ1) is 7.22. The van der Waals surface area contributed by atoms with E-state index in [2.05, 4.69) is 0 Å². The lowest BCUT2D eigenvalue weighted by atomic mass is 10.2. The maximum atomic E-state index is 11.4. The summed E-state index contributed by atoms with van der Waals surface area (Å²) in [7, 11) is 2.06. The van der Waals surface area contributed by atoms with Crippen LogP contribution in [0.2, 0.25) is 0 Å². The van der Waals surface area contributed by atoms with Gasteiger partial charge in [0.1, 0.15) is 0 Å². The molecule has 0 spiro atoms. The third-order valence-corrected chi connectivity index (χ3v) is 3.96. The number of rotatable bonds is 3. The fraction of sp³-hybridized carbons (Fsp3) is 0.273. The summed E-state index contributed by atoms with van der Waals surface area (Å²) in [5.74, 6) is 0. The Morgan fingerprint density at radius 2 is 1.67 bits per heavy atom. The molecule has 0 atom stereocenters. The van der Waals surface area contributed by atoms with Crippen LogP contribution in [0.5, 0.6) is 0 Å². The Hall–Kier alpha value is -0.740. The molecule has 0 N–H and O–H groups in total. The van der Waals surface area contributed by atoms with Crippen molar-refractivity contribution >= 4 is 31.8 Å².